The number of likely N-dealkylation sites (tertiary alicyclic amines) is 1. The molecule has 0 saturated carbocycles. The van der Waals surface area contributed by atoms with Crippen LogP contribution in [0.1, 0.15) is 19.3 Å². The van der Waals surface area contributed by atoms with Crippen molar-refractivity contribution in [3.8, 4) is 17.2 Å². The molecule has 1 unspecified atom stereocenters. The molecule has 26 heavy (non-hydrogen) atoms. The summed E-state index contributed by atoms with van der Waals surface area (Å²) in [6.45, 7) is 2.59. The van der Waals surface area contributed by atoms with E-state index in [1.165, 1.54) is 0 Å². The van der Waals surface area contributed by atoms with Gasteiger partial charge in [-0.2, -0.15) is 0 Å². The molecule has 3 rings (SSSR count). The third-order valence-corrected chi connectivity index (χ3v) is 4.52. The van der Waals surface area contributed by atoms with Crippen LogP contribution < -0.4 is 9.47 Å². The van der Waals surface area contributed by atoms with Crippen molar-refractivity contribution in [1.82, 2.24) is 4.90 Å². The van der Waals surface area contributed by atoms with E-state index in [1.54, 1.807) is 12.1 Å². The fourth-order valence-corrected chi connectivity index (χ4v) is 3.09. The zero-order valence-electron chi connectivity index (χ0n) is 14.4. The summed E-state index contributed by atoms with van der Waals surface area (Å²) in [5.41, 5.74) is 0. The van der Waals surface area contributed by atoms with Gasteiger partial charge in [-0.3, -0.25) is 9.69 Å². The minimum absolute atomic E-state index is 0.142. The summed E-state index contributed by atoms with van der Waals surface area (Å²) in [6, 6.07) is 14.8. The smallest absolute Gasteiger partial charge is 0.303 e. The van der Waals surface area contributed by atoms with Gasteiger partial charge in [-0.05, 0) is 67.9 Å². The first kappa shape index (κ1) is 18.5. The fraction of sp³-hybridized carbons (Fsp3) is 0.350. The molecule has 1 aliphatic rings. The predicted molar refractivity (Wildman–Crippen MR) is 100 cm³/mol. The van der Waals surface area contributed by atoms with Crippen molar-refractivity contribution in [1.29, 1.82) is 0 Å². The summed E-state index contributed by atoms with van der Waals surface area (Å²) in [5.74, 6) is 1.54. The van der Waals surface area contributed by atoms with E-state index in [2.05, 4.69) is 4.90 Å². The Balaban J connectivity index is 1.45. The summed E-state index contributed by atoms with van der Waals surface area (Å²) in [4.78, 5) is 12.8. The molecule has 0 radical (unpaired) electrons. The highest BCUT2D eigenvalue weighted by Gasteiger charge is 2.23. The molecule has 138 valence electrons. The standard InChI is InChI=1S/C20H22ClNO4/c21-15-3-5-16(6-4-15)25-17-7-9-18(10-8-17)26-19-11-13-22(14-19)12-1-2-20(23)24/h3-10,19H,1-2,11-14H2,(H,23,24). The number of ether oxygens (including phenoxy) is 2. The van der Waals surface area contributed by atoms with Crippen molar-refractivity contribution in [2.45, 2.75) is 25.4 Å². The number of rotatable bonds is 8. The maximum Gasteiger partial charge on any atom is 0.303 e. The van der Waals surface area contributed by atoms with E-state index in [-0.39, 0.29) is 12.5 Å². The van der Waals surface area contributed by atoms with Gasteiger partial charge in [0.1, 0.15) is 23.4 Å². The third kappa shape index (κ3) is 5.64. The molecule has 0 spiro atoms. The lowest BCUT2D eigenvalue weighted by atomic mass is 10.3. The summed E-state index contributed by atoms with van der Waals surface area (Å²) in [6.07, 6.45) is 1.99. The van der Waals surface area contributed by atoms with E-state index in [9.17, 15) is 4.79 Å². The minimum atomic E-state index is -0.738. The van der Waals surface area contributed by atoms with Crippen LogP contribution in [-0.4, -0.2) is 41.7 Å². The van der Waals surface area contributed by atoms with Crippen molar-refractivity contribution in [2.24, 2.45) is 0 Å². The maximum atomic E-state index is 10.6. The average Bonchev–Trinajstić information content (AvgIpc) is 3.06. The topological polar surface area (TPSA) is 59.0 Å². The van der Waals surface area contributed by atoms with Gasteiger partial charge in [-0.15, -0.1) is 0 Å². The largest absolute Gasteiger partial charge is 0.489 e. The molecule has 0 aromatic heterocycles. The zero-order chi connectivity index (χ0) is 18.4. The third-order valence-electron chi connectivity index (χ3n) is 4.27. The number of aliphatic carboxylic acids is 1. The highest BCUT2D eigenvalue weighted by molar-refractivity contribution is 6.30. The molecule has 1 aliphatic heterocycles. The van der Waals surface area contributed by atoms with E-state index in [0.29, 0.717) is 11.4 Å². The first-order valence-corrected chi connectivity index (χ1v) is 9.10. The molecule has 1 atom stereocenters. The van der Waals surface area contributed by atoms with Crippen LogP contribution in [0.25, 0.3) is 0 Å². The monoisotopic (exact) mass is 375 g/mol. The number of hydrogen-bond donors (Lipinski definition) is 1. The predicted octanol–water partition coefficient (Wildman–Crippen LogP) is 4.45. The summed E-state index contributed by atoms with van der Waals surface area (Å²) < 4.78 is 11.8. The fourth-order valence-electron chi connectivity index (χ4n) is 2.97. The zero-order valence-corrected chi connectivity index (χ0v) is 15.2. The molecule has 6 heteroatoms. The minimum Gasteiger partial charge on any atom is -0.489 e. The Labute approximate surface area is 158 Å². The number of hydrogen-bond acceptors (Lipinski definition) is 4. The van der Waals surface area contributed by atoms with Crippen molar-refractivity contribution in [3.63, 3.8) is 0 Å². The molecule has 2 aromatic carbocycles. The van der Waals surface area contributed by atoms with Crippen LogP contribution in [0.2, 0.25) is 5.02 Å². The molecule has 1 saturated heterocycles. The highest BCUT2D eigenvalue weighted by Crippen LogP contribution is 2.26. The molecular weight excluding hydrogens is 354 g/mol. The molecule has 0 aliphatic carbocycles. The highest BCUT2D eigenvalue weighted by atomic mass is 35.5. The van der Waals surface area contributed by atoms with Gasteiger partial charge < -0.3 is 14.6 Å². The Bertz CT molecular complexity index is 718. The maximum absolute atomic E-state index is 10.6. The Morgan fingerprint density at radius 1 is 1.08 bits per heavy atom. The Morgan fingerprint density at radius 2 is 1.69 bits per heavy atom. The summed E-state index contributed by atoms with van der Waals surface area (Å²) in [7, 11) is 0. The van der Waals surface area contributed by atoms with Crippen LogP contribution in [-0.2, 0) is 4.79 Å². The first-order valence-electron chi connectivity index (χ1n) is 8.73. The molecule has 1 N–H and O–H groups in total. The molecule has 5 nitrogen and oxygen atoms in total. The Kier molecular flexibility index (Phi) is 6.36. The number of carbonyl (C=O) groups is 1. The molecule has 2 aromatic rings. The van der Waals surface area contributed by atoms with Crippen LogP contribution >= 0.6 is 11.6 Å². The van der Waals surface area contributed by atoms with Crippen molar-refractivity contribution in [2.75, 3.05) is 19.6 Å². The molecular formula is C20H22ClNO4. The van der Waals surface area contributed by atoms with Crippen LogP contribution in [0, 0.1) is 0 Å². The van der Waals surface area contributed by atoms with Crippen LogP contribution in [0.4, 0.5) is 0 Å². The molecule has 1 heterocycles. The van der Waals surface area contributed by atoms with Crippen molar-refractivity contribution in [3.05, 3.63) is 53.6 Å². The van der Waals surface area contributed by atoms with E-state index >= 15 is 0 Å². The van der Waals surface area contributed by atoms with Gasteiger partial charge in [0.2, 0.25) is 0 Å². The summed E-state index contributed by atoms with van der Waals surface area (Å²) in [5, 5.41) is 9.38. The second kappa shape index (κ2) is 8.92. The van der Waals surface area contributed by atoms with Crippen molar-refractivity contribution < 1.29 is 19.4 Å². The van der Waals surface area contributed by atoms with Gasteiger partial charge in [-0.1, -0.05) is 11.6 Å². The number of benzene rings is 2. The average molecular weight is 376 g/mol. The first-order chi connectivity index (χ1) is 12.6. The van der Waals surface area contributed by atoms with E-state index in [0.717, 1.165) is 43.3 Å². The summed E-state index contributed by atoms with van der Waals surface area (Å²) >= 11 is 5.87. The van der Waals surface area contributed by atoms with Crippen molar-refractivity contribution >= 4 is 17.6 Å². The van der Waals surface area contributed by atoms with E-state index in [1.807, 2.05) is 36.4 Å². The van der Waals surface area contributed by atoms with Gasteiger partial charge >= 0.3 is 5.97 Å². The lowest BCUT2D eigenvalue weighted by Crippen LogP contribution is -2.26. The second-order valence-corrected chi connectivity index (χ2v) is 6.79. The SMILES string of the molecule is O=C(O)CCCN1CCC(Oc2ccc(Oc3ccc(Cl)cc3)cc2)C1. The van der Waals surface area contributed by atoms with Gasteiger partial charge in [-0.25, -0.2) is 0 Å². The number of nitrogens with zero attached hydrogens (tertiary/aromatic N) is 1. The lowest BCUT2D eigenvalue weighted by molar-refractivity contribution is -0.137. The van der Waals surface area contributed by atoms with Gasteiger partial charge in [0.05, 0.1) is 0 Å². The molecule has 1 fully saturated rings. The number of carboxylic acids is 1. The van der Waals surface area contributed by atoms with Crippen LogP contribution in [0.5, 0.6) is 17.2 Å². The molecule has 0 amide bonds. The Hall–Kier alpha value is -2.24. The Morgan fingerprint density at radius 3 is 2.35 bits per heavy atom. The number of halogens is 1. The quantitative estimate of drug-likeness (QED) is 0.738. The van der Waals surface area contributed by atoms with Gasteiger partial charge in [0, 0.05) is 24.5 Å². The number of carboxylic acid groups (broad SMARTS) is 1. The molecule has 0 bridgehead atoms. The van der Waals surface area contributed by atoms with Crippen LogP contribution in [0.15, 0.2) is 48.5 Å². The van der Waals surface area contributed by atoms with Crippen LogP contribution in [0.3, 0.4) is 0 Å². The lowest BCUT2D eigenvalue weighted by Gasteiger charge is -2.16. The van der Waals surface area contributed by atoms with Gasteiger partial charge in [0.25, 0.3) is 0 Å². The normalized spacial score (nSPS) is 17.2. The van der Waals surface area contributed by atoms with E-state index < -0.39 is 5.97 Å². The van der Waals surface area contributed by atoms with Gasteiger partial charge in [0.15, 0.2) is 0 Å². The second-order valence-electron chi connectivity index (χ2n) is 6.35. The van der Waals surface area contributed by atoms with E-state index in [4.69, 9.17) is 26.2 Å².